The van der Waals surface area contributed by atoms with Crippen molar-refractivity contribution in [2.24, 2.45) is 29.0 Å². The highest BCUT2D eigenvalue weighted by Gasteiger charge is 2.33. The van der Waals surface area contributed by atoms with Gasteiger partial charge in [-0.05, 0) is 87.4 Å². The van der Waals surface area contributed by atoms with Crippen molar-refractivity contribution in [1.82, 2.24) is 26.6 Å². The van der Waals surface area contributed by atoms with E-state index < -0.39 is 71.8 Å². The lowest BCUT2D eigenvalue weighted by atomic mass is 9.99. The average Bonchev–Trinajstić information content (AvgIpc) is 3.16. The summed E-state index contributed by atoms with van der Waals surface area (Å²) in [7, 11) is 0. The van der Waals surface area contributed by atoms with Gasteiger partial charge in [-0.25, -0.2) is 4.79 Å². The summed E-state index contributed by atoms with van der Waals surface area (Å²) in [5, 5.41) is 23.7. The number of unbranched alkanes of at least 4 members (excludes halogenated alkanes) is 2. The summed E-state index contributed by atoms with van der Waals surface area (Å²) in [6, 6.07) is 11.5. The summed E-state index contributed by atoms with van der Waals surface area (Å²) in [5.41, 5.74) is 19.0. The normalized spacial score (nSPS) is 14.4. The number of amides is 5. The third kappa shape index (κ3) is 18.8. The summed E-state index contributed by atoms with van der Waals surface area (Å²) < 4.78 is 0. The van der Waals surface area contributed by atoms with Gasteiger partial charge in [-0.1, -0.05) is 88.4 Å². The molecule has 0 aromatic heterocycles. The molecule has 0 saturated heterocycles. The Morgan fingerprint density at radius 2 is 0.877 bits per heavy atom. The second-order valence-corrected chi connectivity index (χ2v) is 15.5. The molecule has 12 N–H and O–H groups in total. The van der Waals surface area contributed by atoms with E-state index in [1.54, 1.807) is 42.5 Å². The molecule has 316 valence electrons. The average molecular weight is 795 g/mol. The van der Waals surface area contributed by atoms with Crippen molar-refractivity contribution in [2.45, 2.75) is 128 Å². The molecule has 5 amide bonds. The molecule has 0 aliphatic carbocycles. The molecule has 0 fully saturated rings. The Morgan fingerprint density at radius 3 is 1.32 bits per heavy atom. The van der Waals surface area contributed by atoms with Gasteiger partial charge in [0.05, 0.1) is 6.04 Å². The summed E-state index contributed by atoms with van der Waals surface area (Å²) in [6.07, 6.45) is 3.37. The lowest BCUT2D eigenvalue weighted by molar-refractivity contribution is -0.142. The quantitative estimate of drug-likeness (QED) is 0.0591. The number of benzene rings is 2. The highest BCUT2D eigenvalue weighted by Crippen LogP contribution is 2.12. The summed E-state index contributed by atoms with van der Waals surface area (Å²) in [6.45, 7) is 8.39. The lowest BCUT2D eigenvalue weighted by Crippen LogP contribution is -2.60. The third-order valence-corrected chi connectivity index (χ3v) is 9.37. The van der Waals surface area contributed by atoms with E-state index in [1.807, 2.05) is 45.9 Å². The fourth-order valence-corrected chi connectivity index (χ4v) is 6.32. The van der Waals surface area contributed by atoms with Crippen LogP contribution in [-0.4, -0.2) is 90.0 Å². The Bertz CT molecular complexity index is 1540. The van der Waals surface area contributed by atoms with Crippen molar-refractivity contribution in [2.75, 3.05) is 13.1 Å². The SMILES string of the molecule is CC(C)C[C@H](NC(=O)[C@H](Cc1ccccc1)NC(=O)[C@H](CCCCN)NC(=O)[C@@H](N)CC(C)C)C(=O)N[C@@H](CCCCN)C(=O)N[C@@H](Cc1ccccc1)C(=O)O. The number of hydrogen-bond donors (Lipinski definition) is 9. The van der Waals surface area contributed by atoms with Crippen molar-refractivity contribution in [3.8, 4) is 0 Å². The zero-order chi connectivity index (χ0) is 42.3. The van der Waals surface area contributed by atoms with Crippen molar-refractivity contribution in [3.63, 3.8) is 0 Å². The van der Waals surface area contributed by atoms with E-state index >= 15 is 0 Å². The second-order valence-electron chi connectivity index (χ2n) is 15.5. The molecular weight excluding hydrogens is 729 g/mol. The molecule has 0 saturated carbocycles. The minimum atomic E-state index is -1.25. The fourth-order valence-electron chi connectivity index (χ4n) is 6.32. The zero-order valence-electron chi connectivity index (χ0n) is 34.0. The van der Waals surface area contributed by atoms with E-state index in [4.69, 9.17) is 17.2 Å². The number of carboxylic acid groups (broad SMARTS) is 1. The standard InChI is InChI=1S/C42H66N8O7/c1-27(2)23-31(45)37(51)46-32(19-11-13-21-43)38(52)49-35(25-29-15-7-5-8-16-29)41(55)48-34(24-28(3)4)40(54)47-33(20-12-14-22-44)39(53)50-36(42(56)57)26-30-17-9-6-10-18-30/h5-10,15-18,27-28,31-36H,11-14,19-26,43-45H2,1-4H3,(H,46,51)(H,47,54)(H,48,55)(H,49,52)(H,50,53)(H,56,57)/t31-,32-,33-,34-,35-,36-/m0/s1. The van der Waals surface area contributed by atoms with E-state index in [2.05, 4.69) is 26.6 Å². The summed E-state index contributed by atoms with van der Waals surface area (Å²) in [5.74, 6) is -4.18. The molecule has 15 heteroatoms. The minimum Gasteiger partial charge on any atom is -0.480 e. The smallest absolute Gasteiger partial charge is 0.326 e. The number of hydrogen-bond acceptors (Lipinski definition) is 9. The molecule has 0 unspecified atom stereocenters. The topological polar surface area (TPSA) is 261 Å². The van der Waals surface area contributed by atoms with Crippen molar-refractivity contribution < 1.29 is 33.9 Å². The minimum absolute atomic E-state index is 0.0360. The number of rotatable bonds is 27. The number of nitrogens with one attached hydrogen (secondary N) is 5. The monoisotopic (exact) mass is 795 g/mol. The van der Waals surface area contributed by atoms with Gasteiger partial charge in [0.25, 0.3) is 0 Å². The molecule has 0 aliphatic heterocycles. The van der Waals surface area contributed by atoms with Crippen LogP contribution in [0, 0.1) is 11.8 Å². The van der Waals surface area contributed by atoms with Crippen molar-refractivity contribution in [3.05, 3.63) is 71.8 Å². The molecule has 57 heavy (non-hydrogen) atoms. The van der Waals surface area contributed by atoms with Crippen LogP contribution in [0.15, 0.2) is 60.7 Å². The van der Waals surface area contributed by atoms with Gasteiger partial charge in [-0.15, -0.1) is 0 Å². The van der Waals surface area contributed by atoms with Gasteiger partial charge in [-0.3, -0.25) is 24.0 Å². The van der Waals surface area contributed by atoms with Gasteiger partial charge < -0.3 is 48.9 Å². The van der Waals surface area contributed by atoms with Crippen LogP contribution in [0.3, 0.4) is 0 Å². The molecule has 6 atom stereocenters. The first-order chi connectivity index (χ1) is 27.1. The Labute approximate surface area is 337 Å². The zero-order valence-corrected chi connectivity index (χ0v) is 34.0. The van der Waals surface area contributed by atoms with E-state index in [9.17, 15) is 33.9 Å². The Kier molecular flexibility index (Phi) is 22.1. The van der Waals surface area contributed by atoms with Crippen molar-refractivity contribution in [1.29, 1.82) is 0 Å². The van der Waals surface area contributed by atoms with Crippen LogP contribution >= 0.6 is 0 Å². The first-order valence-corrected chi connectivity index (χ1v) is 20.1. The maximum Gasteiger partial charge on any atom is 0.326 e. The largest absolute Gasteiger partial charge is 0.480 e. The van der Waals surface area contributed by atoms with Gasteiger partial charge in [0.2, 0.25) is 29.5 Å². The number of carboxylic acids is 1. The number of nitrogens with two attached hydrogens (primary N) is 3. The van der Waals surface area contributed by atoms with Crippen LogP contribution in [0.25, 0.3) is 0 Å². The van der Waals surface area contributed by atoms with Gasteiger partial charge in [0, 0.05) is 12.8 Å². The first-order valence-electron chi connectivity index (χ1n) is 20.1. The summed E-state index contributed by atoms with van der Waals surface area (Å²) in [4.78, 5) is 80.8. The summed E-state index contributed by atoms with van der Waals surface area (Å²) >= 11 is 0. The Hall–Kier alpha value is -4.86. The second kappa shape index (κ2) is 26.1. The molecule has 15 nitrogen and oxygen atoms in total. The van der Waals surface area contributed by atoms with Crippen LogP contribution in [0.1, 0.15) is 90.2 Å². The van der Waals surface area contributed by atoms with Crippen LogP contribution in [0.5, 0.6) is 0 Å². The number of aliphatic carboxylic acids is 1. The maximum absolute atomic E-state index is 14.2. The molecule has 2 rings (SSSR count). The van der Waals surface area contributed by atoms with Gasteiger partial charge in [-0.2, -0.15) is 0 Å². The van der Waals surface area contributed by atoms with Crippen molar-refractivity contribution >= 4 is 35.5 Å². The Balaban J connectivity index is 2.35. The number of carbonyl (C=O) groups is 6. The van der Waals surface area contributed by atoms with Crippen LogP contribution < -0.4 is 43.8 Å². The fraction of sp³-hybridized carbons (Fsp3) is 0.571. The predicted octanol–water partition coefficient (Wildman–Crippen LogP) is 1.66. The lowest BCUT2D eigenvalue weighted by Gasteiger charge is -2.28. The van der Waals surface area contributed by atoms with E-state index in [0.29, 0.717) is 50.8 Å². The van der Waals surface area contributed by atoms with E-state index in [0.717, 1.165) is 5.56 Å². The van der Waals surface area contributed by atoms with Gasteiger partial charge >= 0.3 is 5.97 Å². The number of carbonyl (C=O) groups excluding carboxylic acids is 5. The Morgan fingerprint density at radius 1 is 0.509 bits per heavy atom. The van der Waals surface area contributed by atoms with Gasteiger partial charge in [0.1, 0.15) is 30.2 Å². The highest BCUT2D eigenvalue weighted by molar-refractivity contribution is 5.96. The van der Waals surface area contributed by atoms with E-state index in [1.165, 1.54) is 0 Å². The molecule has 0 spiro atoms. The molecule has 0 radical (unpaired) electrons. The van der Waals surface area contributed by atoms with Crippen LogP contribution in [-0.2, 0) is 41.6 Å². The van der Waals surface area contributed by atoms with E-state index in [-0.39, 0.29) is 43.9 Å². The predicted molar refractivity (Wildman–Crippen MR) is 220 cm³/mol. The molecule has 0 bridgehead atoms. The van der Waals surface area contributed by atoms with Crippen LogP contribution in [0.4, 0.5) is 0 Å². The maximum atomic E-state index is 14.2. The molecule has 2 aromatic rings. The molecule has 2 aromatic carbocycles. The molecular formula is C42H66N8O7. The molecule has 0 aliphatic rings. The third-order valence-electron chi connectivity index (χ3n) is 9.37. The highest BCUT2D eigenvalue weighted by atomic mass is 16.4. The van der Waals surface area contributed by atoms with Crippen LogP contribution in [0.2, 0.25) is 0 Å². The molecule has 0 heterocycles. The van der Waals surface area contributed by atoms with Gasteiger partial charge in [0.15, 0.2) is 0 Å². The first kappa shape index (κ1) is 48.3.